The van der Waals surface area contributed by atoms with Gasteiger partial charge in [-0.15, -0.1) is 0 Å². The number of carboxylic acid groups (broad SMARTS) is 1. The maximum absolute atomic E-state index is 11.7. The molecule has 0 saturated heterocycles. The van der Waals surface area contributed by atoms with Crippen LogP contribution in [-0.2, 0) is 6.42 Å². The van der Waals surface area contributed by atoms with E-state index in [-0.39, 0.29) is 5.56 Å². The van der Waals surface area contributed by atoms with Crippen LogP contribution in [-0.4, -0.2) is 11.0 Å². The van der Waals surface area contributed by atoms with Crippen molar-refractivity contribution in [3.05, 3.63) is 74.9 Å². The van der Waals surface area contributed by atoms with Crippen molar-refractivity contribution >= 4 is 51.7 Å². The molecule has 0 saturated carbocycles. The van der Waals surface area contributed by atoms with Crippen LogP contribution in [0.5, 0.6) is 0 Å². The van der Waals surface area contributed by atoms with E-state index in [1.54, 1.807) is 18.2 Å². The number of fused-ring (bicyclic) bond motifs is 2. The number of allylic oxidation sites excluding steroid dienone is 1. The SMILES string of the molecule is O=C([O-])c1c2c(nc3ccccc13)/C(=C/c1ccc(Cl)c(Cl)c1)CC2. The highest BCUT2D eigenvalue weighted by atomic mass is 35.5. The average Bonchev–Trinajstić information content (AvgIpc) is 2.98. The van der Waals surface area contributed by atoms with Gasteiger partial charge in [0.25, 0.3) is 0 Å². The fourth-order valence-electron chi connectivity index (χ4n) is 3.32. The Morgan fingerprint density at radius 2 is 1.88 bits per heavy atom. The molecule has 0 amide bonds. The van der Waals surface area contributed by atoms with Crippen LogP contribution in [0.15, 0.2) is 42.5 Å². The summed E-state index contributed by atoms with van der Waals surface area (Å²) in [6.07, 6.45) is 3.33. The second-order valence-corrected chi connectivity index (χ2v) is 6.78. The van der Waals surface area contributed by atoms with E-state index in [0.29, 0.717) is 27.4 Å². The average molecular weight is 369 g/mol. The first-order chi connectivity index (χ1) is 12.0. The number of nitrogens with zero attached hydrogens (tertiary/aromatic N) is 1. The molecular formula is C20H12Cl2NO2-. The van der Waals surface area contributed by atoms with Crippen molar-refractivity contribution in [2.24, 2.45) is 0 Å². The van der Waals surface area contributed by atoms with Gasteiger partial charge in [-0.25, -0.2) is 4.98 Å². The molecule has 1 aromatic heterocycles. The number of aromatic nitrogens is 1. The van der Waals surface area contributed by atoms with E-state index in [2.05, 4.69) is 0 Å². The summed E-state index contributed by atoms with van der Waals surface area (Å²) in [4.78, 5) is 16.4. The zero-order chi connectivity index (χ0) is 17.6. The minimum Gasteiger partial charge on any atom is -0.545 e. The smallest absolute Gasteiger partial charge is 0.0725 e. The summed E-state index contributed by atoms with van der Waals surface area (Å²) >= 11 is 12.0. The lowest BCUT2D eigenvalue weighted by Gasteiger charge is -2.13. The maximum atomic E-state index is 11.7. The Labute approximate surface area is 154 Å². The van der Waals surface area contributed by atoms with E-state index in [1.807, 2.05) is 30.3 Å². The Morgan fingerprint density at radius 1 is 1.08 bits per heavy atom. The van der Waals surface area contributed by atoms with Crippen LogP contribution in [0.4, 0.5) is 0 Å². The highest BCUT2D eigenvalue weighted by molar-refractivity contribution is 6.42. The Bertz CT molecular complexity index is 1060. The quantitative estimate of drug-likeness (QED) is 0.673. The molecule has 0 N–H and O–H groups in total. The zero-order valence-corrected chi connectivity index (χ0v) is 14.6. The van der Waals surface area contributed by atoms with Crippen LogP contribution in [0, 0.1) is 0 Å². The largest absolute Gasteiger partial charge is 0.545 e. The van der Waals surface area contributed by atoms with Crippen LogP contribution >= 0.6 is 23.2 Å². The molecule has 5 heteroatoms. The van der Waals surface area contributed by atoms with Gasteiger partial charge in [-0.1, -0.05) is 47.5 Å². The standard InChI is InChI=1S/C20H13Cl2NO2/c21-15-8-5-11(10-16(15)22)9-12-6-7-14-18(20(24)25)13-3-1-2-4-17(13)23-19(12)14/h1-5,8-10H,6-7H2,(H,24,25)/p-1/b12-9+. The van der Waals surface area contributed by atoms with Crippen molar-refractivity contribution in [2.45, 2.75) is 12.8 Å². The van der Waals surface area contributed by atoms with Crippen LogP contribution in [0.25, 0.3) is 22.6 Å². The number of aromatic carboxylic acids is 1. The zero-order valence-electron chi connectivity index (χ0n) is 13.1. The van der Waals surface area contributed by atoms with E-state index in [1.165, 1.54) is 0 Å². The van der Waals surface area contributed by atoms with E-state index < -0.39 is 5.97 Å². The summed E-state index contributed by atoms with van der Waals surface area (Å²) < 4.78 is 0. The molecule has 3 aromatic rings. The number of halogens is 2. The summed E-state index contributed by atoms with van der Waals surface area (Å²) in [6.45, 7) is 0. The molecule has 0 atom stereocenters. The lowest BCUT2D eigenvalue weighted by Crippen LogP contribution is -2.24. The van der Waals surface area contributed by atoms with Crippen LogP contribution in [0.3, 0.4) is 0 Å². The number of benzene rings is 2. The predicted molar refractivity (Wildman–Crippen MR) is 98.7 cm³/mol. The molecule has 1 aliphatic carbocycles. The molecule has 124 valence electrons. The highest BCUT2D eigenvalue weighted by Crippen LogP contribution is 2.37. The maximum Gasteiger partial charge on any atom is 0.0725 e. The number of carbonyl (C=O) groups excluding carboxylic acids is 1. The van der Waals surface area contributed by atoms with Gasteiger partial charge in [0.1, 0.15) is 0 Å². The molecule has 0 spiro atoms. The number of pyridine rings is 1. The summed E-state index contributed by atoms with van der Waals surface area (Å²) in [6, 6.07) is 12.6. The van der Waals surface area contributed by atoms with Crippen molar-refractivity contribution in [2.75, 3.05) is 0 Å². The first-order valence-corrected chi connectivity index (χ1v) is 8.59. The van der Waals surface area contributed by atoms with Gasteiger partial charge in [0.05, 0.1) is 27.2 Å². The summed E-state index contributed by atoms with van der Waals surface area (Å²) in [5.74, 6) is -1.16. The minimum absolute atomic E-state index is 0.248. The normalized spacial score (nSPS) is 14.9. The molecule has 25 heavy (non-hydrogen) atoms. The molecule has 3 nitrogen and oxygen atoms in total. The minimum atomic E-state index is -1.16. The van der Waals surface area contributed by atoms with Gasteiger partial charge in [0.15, 0.2) is 0 Å². The van der Waals surface area contributed by atoms with Crippen LogP contribution in [0.1, 0.15) is 33.6 Å². The Kier molecular flexibility index (Phi) is 3.98. The third-order valence-electron chi connectivity index (χ3n) is 4.43. The first kappa shape index (κ1) is 16.1. The van der Waals surface area contributed by atoms with Gasteiger partial charge < -0.3 is 9.90 Å². The second-order valence-electron chi connectivity index (χ2n) is 5.96. The van der Waals surface area contributed by atoms with Crippen LogP contribution in [0.2, 0.25) is 10.0 Å². The number of carbonyl (C=O) groups is 1. The third-order valence-corrected chi connectivity index (χ3v) is 5.17. The topological polar surface area (TPSA) is 53.0 Å². The van der Waals surface area contributed by atoms with E-state index in [4.69, 9.17) is 28.2 Å². The lowest BCUT2D eigenvalue weighted by atomic mass is 10.0. The summed E-state index contributed by atoms with van der Waals surface area (Å²) in [5, 5.41) is 13.3. The molecule has 0 aliphatic heterocycles. The van der Waals surface area contributed by atoms with Gasteiger partial charge in [0.2, 0.25) is 0 Å². The first-order valence-electron chi connectivity index (χ1n) is 7.83. The molecule has 1 heterocycles. The fraction of sp³-hybridized carbons (Fsp3) is 0.100. The van der Waals surface area contributed by atoms with E-state index in [9.17, 15) is 9.90 Å². The molecule has 2 aromatic carbocycles. The van der Waals surface area contributed by atoms with Crippen molar-refractivity contribution in [3.8, 4) is 0 Å². The number of hydrogen-bond donors (Lipinski definition) is 0. The molecule has 0 bridgehead atoms. The van der Waals surface area contributed by atoms with Crippen molar-refractivity contribution in [1.82, 2.24) is 4.98 Å². The summed E-state index contributed by atoms with van der Waals surface area (Å²) in [5.41, 5.74) is 4.26. The van der Waals surface area contributed by atoms with E-state index in [0.717, 1.165) is 28.8 Å². The molecule has 0 unspecified atom stereocenters. The predicted octanol–water partition coefficient (Wildman–Crippen LogP) is 4.39. The monoisotopic (exact) mass is 368 g/mol. The highest BCUT2D eigenvalue weighted by Gasteiger charge is 2.23. The van der Waals surface area contributed by atoms with Crippen LogP contribution < -0.4 is 5.11 Å². The lowest BCUT2D eigenvalue weighted by molar-refractivity contribution is -0.254. The number of carboxylic acids is 1. The Morgan fingerprint density at radius 3 is 2.64 bits per heavy atom. The van der Waals surface area contributed by atoms with Gasteiger partial charge >= 0.3 is 0 Å². The number of hydrogen-bond acceptors (Lipinski definition) is 3. The van der Waals surface area contributed by atoms with Gasteiger partial charge in [-0.3, -0.25) is 0 Å². The van der Waals surface area contributed by atoms with Crippen molar-refractivity contribution < 1.29 is 9.90 Å². The summed E-state index contributed by atoms with van der Waals surface area (Å²) in [7, 11) is 0. The molecular weight excluding hydrogens is 357 g/mol. The number of rotatable bonds is 2. The Hall–Kier alpha value is -2.36. The van der Waals surface area contributed by atoms with E-state index >= 15 is 0 Å². The molecule has 1 aliphatic rings. The fourth-order valence-corrected chi connectivity index (χ4v) is 3.62. The molecule has 4 rings (SSSR count). The molecule has 0 radical (unpaired) electrons. The number of para-hydroxylation sites is 1. The Balaban J connectivity index is 1.91. The van der Waals surface area contributed by atoms with Gasteiger partial charge in [-0.2, -0.15) is 0 Å². The van der Waals surface area contributed by atoms with Gasteiger partial charge in [0, 0.05) is 10.9 Å². The second kappa shape index (κ2) is 6.17. The third kappa shape index (κ3) is 2.80. The van der Waals surface area contributed by atoms with Crippen molar-refractivity contribution in [3.63, 3.8) is 0 Å². The molecule has 0 fully saturated rings. The van der Waals surface area contributed by atoms with Gasteiger partial charge in [-0.05, 0) is 53.8 Å². The van der Waals surface area contributed by atoms with Crippen molar-refractivity contribution in [1.29, 1.82) is 0 Å².